The number of thioether (sulfide) groups is 1. The van der Waals surface area contributed by atoms with Crippen LogP contribution < -0.4 is 0 Å². The molecule has 2 saturated carbocycles. The lowest BCUT2D eigenvalue weighted by molar-refractivity contribution is -0.187. The summed E-state index contributed by atoms with van der Waals surface area (Å²) in [5.41, 5.74) is -3.26. The van der Waals surface area contributed by atoms with Crippen LogP contribution in [0, 0.1) is 28.6 Å². The minimum atomic E-state index is -1.53. The van der Waals surface area contributed by atoms with Crippen molar-refractivity contribution in [3.63, 3.8) is 0 Å². The van der Waals surface area contributed by atoms with Crippen molar-refractivity contribution in [3.8, 4) is 0 Å². The summed E-state index contributed by atoms with van der Waals surface area (Å²) in [7, 11) is 3.14. The summed E-state index contributed by atoms with van der Waals surface area (Å²) >= 11 is 0.573. The molecule has 1 heterocycles. The van der Waals surface area contributed by atoms with Gasteiger partial charge < -0.3 is 14.4 Å². The number of fused-ring (bicyclic) bond motifs is 3. The Morgan fingerprint density at radius 1 is 1.25 bits per heavy atom. The molecule has 5 aliphatic rings. The van der Waals surface area contributed by atoms with Crippen LogP contribution in [-0.4, -0.2) is 58.4 Å². The van der Waals surface area contributed by atoms with Crippen LogP contribution in [0.15, 0.2) is 23.6 Å². The van der Waals surface area contributed by atoms with Crippen LogP contribution in [-0.2, 0) is 23.9 Å². The number of rotatable bonds is 3. The Bertz CT molecular complexity index is 1130. The number of hydrogen-bond acceptors (Lipinski definition) is 7. The molecule has 5 rings (SSSR count). The van der Waals surface area contributed by atoms with Gasteiger partial charge in [-0.05, 0) is 37.3 Å². The van der Waals surface area contributed by atoms with Gasteiger partial charge in [0.05, 0.1) is 6.10 Å². The van der Waals surface area contributed by atoms with Crippen LogP contribution in [0.1, 0.15) is 59.8 Å². The summed E-state index contributed by atoms with van der Waals surface area (Å²) in [4.78, 5) is 52.7. The largest absolute Gasteiger partial charge is 0.449 e. The minimum Gasteiger partial charge on any atom is -0.449 e. The Morgan fingerprint density at radius 2 is 1.94 bits per heavy atom. The molecule has 196 valence electrons. The number of ketones is 1. The summed E-state index contributed by atoms with van der Waals surface area (Å²) < 4.78 is 28.3. The maximum atomic E-state index is 15.7. The molecule has 0 radical (unpaired) electrons. The highest BCUT2D eigenvalue weighted by Crippen LogP contribution is 2.77. The average Bonchev–Trinajstić information content (AvgIpc) is 3.49. The smallest absolute Gasteiger partial charge is 0.306 e. The van der Waals surface area contributed by atoms with Gasteiger partial charge in [0.2, 0.25) is 5.12 Å². The van der Waals surface area contributed by atoms with E-state index in [2.05, 4.69) is 0 Å². The molecule has 0 bridgehead atoms. The number of epoxide rings is 1. The van der Waals surface area contributed by atoms with Gasteiger partial charge in [-0.2, -0.15) is 0 Å². The summed E-state index contributed by atoms with van der Waals surface area (Å²) in [6.07, 6.45) is 4.35. The molecule has 0 aromatic rings. The Morgan fingerprint density at radius 3 is 2.58 bits per heavy atom. The first-order valence-corrected chi connectivity index (χ1v) is 13.5. The summed E-state index contributed by atoms with van der Waals surface area (Å²) in [5.74, 6) is -1.68. The van der Waals surface area contributed by atoms with Crippen molar-refractivity contribution in [1.29, 1.82) is 0 Å². The van der Waals surface area contributed by atoms with E-state index in [1.54, 1.807) is 21.0 Å². The van der Waals surface area contributed by atoms with E-state index in [0.29, 0.717) is 30.2 Å². The number of carbonyl (C=O) groups excluding carboxylic acids is 4. The Hall–Kier alpha value is -2.00. The van der Waals surface area contributed by atoms with Crippen LogP contribution >= 0.6 is 11.8 Å². The van der Waals surface area contributed by atoms with Crippen molar-refractivity contribution >= 4 is 33.9 Å². The van der Waals surface area contributed by atoms with Crippen LogP contribution in [0.25, 0.3) is 0 Å². The molecular formula is C27H34FNO6S. The first kappa shape index (κ1) is 25.6. The molecule has 1 aliphatic heterocycles. The number of allylic oxidation sites excluding steroid dienone is 2. The van der Waals surface area contributed by atoms with E-state index >= 15 is 4.39 Å². The molecule has 4 aliphatic carbocycles. The van der Waals surface area contributed by atoms with Crippen molar-refractivity contribution in [2.45, 2.75) is 77.1 Å². The number of hydrogen-bond donors (Lipinski definition) is 0. The number of ether oxygens (including phenoxy) is 2. The maximum absolute atomic E-state index is 15.7. The third-order valence-corrected chi connectivity index (χ3v) is 10.9. The molecule has 5 unspecified atom stereocenters. The molecule has 1 amide bonds. The zero-order chi connectivity index (χ0) is 26.4. The Labute approximate surface area is 215 Å². The average molecular weight is 520 g/mol. The molecule has 0 aromatic heterocycles. The number of halogens is 1. The summed E-state index contributed by atoms with van der Waals surface area (Å²) in [5, 5.41) is -0.907. The fourth-order valence-corrected chi connectivity index (χ4v) is 9.09. The van der Waals surface area contributed by atoms with E-state index in [4.69, 9.17) is 9.47 Å². The number of amides is 1. The third kappa shape index (κ3) is 3.01. The van der Waals surface area contributed by atoms with E-state index in [1.807, 2.05) is 26.8 Å². The number of esters is 1. The van der Waals surface area contributed by atoms with E-state index in [-0.39, 0.29) is 54.7 Å². The molecule has 9 heteroatoms. The predicted octanol–water partition coefficient (Wildman–Crippen LogP) is 4.60. The number of nitrogens with zero attached hydrogens (tertiary/aromatic N) is 1. The molecule has 7 nitrogen and oxygen atoms in total. The third-order valence-electron chi connectivity index (χ3n) is 9.90. The standard InChI is InChI=1S/C27H34FNO6S/c1-7-21(31)35-26(22(32)36-23(33)29(5)6)14(2)10-16-17-12-19(28)18-11-15(30)8-9-24(18,3)27(17)20(34-27)13-25(16,26)4/h8-9,14,16-17,20H,7,10-13H2,1-6H3/t14-,16?,17?,20+,24?,25?,26?,27-/m1/s1. The van der Waals surface area contributed by atoms with Crippen LogP contribution in [0.3, 0.4) is 0 Å². The van der Waals surface area contributed by atoms with E-state index < -0.39 is 38.4 Å². The second kappa shape index (κ2) is 8.00. The highest BCUT2D eigenvalue weighted by atomic mass is 32.2. The summed E-state index contributed by atoms with van der Waals surface area (Å²) in [6.45, 7) is 7.48. The molecule has 36 heavy (non-hydrogen) atoms. The predicted molar refractivity (Wildman–Crippen MR) is 132 cm³/mol. The first-order chi connectivity index (χ1) is 16.8. The molecule has 1 saturated heterocycles. The molecule has 3 fully saturated rings. The fraction of sp³-hybridized carbons (Fsp3) is 0.704. The molecule has 1 spiro atoms. The normalized spacial score (nSPS) is 44.2. The second-order valence-corrected chi connectivity index (χ2v) is 12.7. The van der Waals surface area contributed by atoms with Crippen molar-refractivity contribution in [1.82, 2.24) is 4.90 Å². The minimum absolute atomic E-state index is 0.0571. The topological polar surface area (TPSA) is 93.3 Å². The highest BCUT2D eigenvalue weighted by molar-refractivity contribution is 8.26. The van der Waals surface area contributed by atoms with Gasteiger partial charge in [-0.1, -0.05) is 26.8 Å². The fourth-order valence-electron chi connectivity index (χ4n) is 8.13. The lowest BCUT2D eigenvalue weighted by Crippen LogP contribution is -2.63. The molecule has 0 aromatic carbocycles. The van der Waals surface area contributed by atoms with Gasteiger partial charge in [0, 0.05) is 67.8 Å². The van der Waals surface area contributed by atoms with Gasteiger partial charge in [0.1, 0.15) is 11.4 Å². The van der Waals surface area contributed by atoms with Crippen LogP contribution in [0.5, 0.6) is 0 Å². The molecule has 8 atom stereocenters. The van der Waals surface area contributed by atoms with Gasteiger partial charge in [-0.3, -0.25) is 19.2 Å². The SMILES string of the molecule is CCC(=O)OC1(C(=O)SC(=O)N(C)C)[C@H](C)CC2C3CC(F)=C4CC(=O)C=CC4(C)[C@@]34O[C@H]4CC21C. The molecular weight excluding hydrogens is 485 g/mol. The van der Waals surface area contributed by atoms with Crippen LogP contribution in [0.4, 0.5) is 9.18 Å². The summed E-state index contributed by atoms with van der Waals surface area (Å²) in [6, 6.07) is 0. The van der Waals surface area contributed by atoms with Crippen molar-refractivity contribution < 1.29 is 33.0 Å². The lowest BCUT2D eigenvalue weighted by atomic mass is 9.47. The first-order valence-electron chi connectivity index (χ1n) is 12.7. The van der Waals surface area contributed by atoms with Crippen molar-refractivity contribution in [2.75, 3.05) is 14.1 Å². The maximum Gasteiger partial charge on any atom is 0.306 e. The Kier molecular flexibility index (Phi) is 5.70. The zero-order valence-corrected chi connectivity index (χ0v) is 22.5. The van der Waals surface area contributed by atoms with Gasteiger partial charge in [0.25, 0.3) is 5.24 Å². The van der Waals surface area contributed by atoms with E-state index in [9.17, 15) is 19.2 Å². The molecule has 0 N–H and O–H groups in total. The second-order valence-electron chi connectivity index (χ2n) is 11.8. The monoisotopic (exact) mass is 519 g/mol. The van der Waals surface area contributed by atoms with Gasteiger partial charge in [-0.15, -0.1) is 0 Å². The van der Waals surface area contributed by atoms with Gasteiger partial charge in [-0.25, -0.2) is 4.39 Å². The number of carbonyl (C=O) groups is 4. The quantitative estimate of drug-likeness (QED) is 0.397. The van der Waals surface area contributed by atoms with Crippen molar-refractivity contribution in [3.05, 3.63) is 23.6 Å². The lowest BCUT2D eigenvalue weighted by Gasteiger charge is -2.55. The van der Waals surface area contributed by atoms with Crippen LogP contribution in [0.2, 0.25) is 0 Å². The van der Waals surface area contributed by atoms with Gasteiger partial charge >= 0.3 is 5.97 Å². The Balaban J connectivity index is 1.61. The highest BCUT2D eigenvalue weighted by Gasteiger charge is 2.83. The van der Waals surface area contributed by atoms with E-state index in [0.717, 1.165) is 0 Å². The van der Waals surface area contributed by atoms with E-state index in [1.165, 1.54) is 11.0 Å². The van der Waals surface area contributed by atoms with Gasteiger partial charge in [0.15, 0.2) is 11.4 Å². The van der Waals surface area contributed by atoms with Crippen molar-refractivity contribution in [2.24, 2.45) is 28.6 Å². The zero-order valence-electron chi connectivity index (χ0n) is 21.7.